The van der Waals surface area contributed by atoms with Crippen molar-refractivity contribution >= 4 is 35.0 Å². The topological polar surface area (TPSA) is 98.7 Å². The van der Waals surface area contributed by atoms with E-state index in [9.17, 15) is 4.79 Å². The van der Waals surface area contributed by atoms with Gasteiger partial charge in [-0.2, -0.15) is 0 Å². The number of nitrogens with zero attached hydrogens (tertiary/aromatic N) is 5. The van der Waals surface area contributed by atoms with Gasteiger partial charge < -0.3 is 14.3 Å². The summed E-state index contributed by atoms with van der Waals surface area (Å²) in [6.07, 6.45) is 2.14. The van der Waals surface area contributed by atoms with Crippen LogP contribution in [0, 0.1) is 0 Å². The van der Waals surface area contributed by atoms with Crippen LogP contribution in [-0.2, 0) is 18.3 Å². The van der Waals surface area contributed by atoms with E-state index in [1.807, 2.05) is 43.4 Å². The second-order valence-corrected chi connectivity index (χ2v) is 7.83. The van der Waals surface area contributed by atoms with Gasteiger partial charge in [-0.1, -0.05) is 29.8 Å². The summed E-state index contributed by atoms with van der Waals surface area (Å²) in [6, 6.07) is 14.8. The van der Waals surface area contributed by atoms with Crippen LogP contribution in [0.3, 0.4) is 0 Å². The van der Waals surface area contributed by atoms with Crippen LogP contribution in [0.5, 0.6) is 0 Å². The van der Waals surface area contributed by atoms with Crippen LogP contribution in [0.1, 0.15) is 12.3 Å². The number of carbonyl (C=O) groups is 1. The molecule has 0 bridgehead atoms. The minimum Gasteiger partial charge on any atom is -0.421 e. The monoisotopic (exact) mass is 440 g/mol. The SMILES string of the molecule is Cn1cnnc1Sc1ccc(Cl)cc1NC(=O)CCc1nnc(-c2ccccc2)o1. The lowest BCUT2D eigenvalue weighted by Crippen LogP contribution is -2.13. The lowest BCUT2D eigenvalue weighted by atomic mass is 10.2. The van der Waals surface area contributed by atoms with E-state index in [1.165, 1.54) is 11.8 Å². The zero-order valence-electron chi connectivity index (χ0n) is 15.9. The van der Waals surface area contributed by atoms with Gasteiger partial charge in [-0.15, -0.1) is 20.4 Å². The Hall–Kier alpha value is -3.17. The fourth-order valence-electron chi connectivity index (χ4n) is 2.64. The third-order valence-electron chi connectivity index (χ3n) is 4.14. The molecule has 10 heteroatoms. The number of halogens is 1. The fraction of sp³-hybridized carbons (Fsp3) is 0.150. The minimum atomic E-state index is -0.184. The van der Waals surface area contributed by atoms with Crippen LogP contribution in [0.15, 0.2) is 69.3 Å². The lowest BCUT2D eigenvalue weighted by Gasteiger charge is -2.10. The minimum absolute atomic E-state index is 0.184. The quantitative estimate of drug-likeness (QED) is 0.458. The number of aromatic nitrogens is 5. The van der Waals surface area contributed by atoms with Crippen molar-refractivity contribution in [3.63, 3.8) is 0 Å². The Bertz CT molecular complexity index is 1160. The average molecular weight is 441 g/mol. The summed E-state index contributed by atoms with van der Waals surface area (Å²) in [6.45, 7) is 0. The first-order valence-electron chi connectivity index (χ1n) is 9.07. The molecule has 0 aliphatic heterocycles. The van der Waals surface area contributed by atoms with E-state index in [0.717, 1.165) is 10.5 Å². The highest BCUT2D eigenvalue weighted by Gasteiger charge is 2.14. The summed E-state index contributed by atoms with van der Waals surface area (Å²) >= 11 is 7.51. The summed E-state index contributed by atoms with van der Waals surface area (Å²) in [5, 5.41) is 20.1. The van der Waals surface area contributed by atoms with E-state index >= 15 is 0 Å². The number of hydrogen-bond acceptors (Lipinski definition) is 7. The number of anilines is 1. The molecule has 152 valence electrons. The first-order valence-corrected chi connectivity index (χ1v) is 10.3. The molecule has 0 unspecified atom stereocenters. The Kier molecular flexibility index (Phi) is 6.10. The normalized spacial score (nSPS) is 10.9. The van der Waals surface area contributed by atoms with E-state index in [-0.39, 0.29) is 12.3 Å². The van der Waals surface area contributed by atoms with Gasteiger partial charge in [0.1, 0.15) is 6.33 Å². The molecule has 2 aromatic heterocycles. The van der Waals surface area contributed by atoms with Crippen LogP contribution < -0.4 is 5.32 Å². The molecule has 2 aromatic carbocycles. The maximum atomic E-state index is 12.5. The second-order valence-electron chi connectivity index (χ2n) is 6.38. The molecule has 1 amide bonds. The van der Waals surface area contributed by atoms with E-state index in [4.69, 9.17) is 16.0 Å². The molecule has 0 aliphatic carbocycles. The predicted molar refractivity (Wildman–Crippen MR) is 113 cm³/mol. The number of aryl methyl sites for hydroxylation is 2. The van der Waals surface area contributed by atoms with Gasteiger partial charge in [0.25, 0.3) is 0 Å². The Morgan fingerprint density at radius 3 is 2.77 bits per heavy atom. The van der Waals surface area contributed by atoms with Gasteiger partial charge in [0, 0.05) is 35.4 Å². The van der Waals surface area contributed by atoms with Crippen molar-refractivity contribution in [1.29, 1.82) is 0 Å². The number of rotatable bonds is 7. The molecular formula is C20H17ClN6O2S. The molecule has 0 radical (unpaired) electrons. The van der Waals surface area contributed by atoms with Crippen molar-refractivity contribution in [2.75, 3.05) is 5.32 Å². The molecule has 0 spiro atoms. The zero-order chi connectivity index (χ0) is 20.9. The highest BCUT2D eigenvalue weighted by molar-refractivity contribution is 7.99. The van der Waals surface area contributed by atoms with Crippen molar-refractivity contribution in [2.45, 2.75) is 22.9 Å². The molecule has 8 nitrogen and oxygen atoms in total. The standard InChI is InChI=1S/C20H17ClN6O2S/c1-27-12-22-26-20(27)30-16-8-7-14(21)11-15(16)23-17(28)9-10-18-24-25-19(29-18)13-5-3-2-4-6-13/h2-8,11-12H,9-10H2,1H3,(H,23,28). The molecule has 1 N–H and O–H groups in total. The summed E-state index contributed by atoms with van der Waals surface area (Å²) in [5.74, 6) is 0.656. The number of benzene rings is 2. The molecule has 0 fully saturated rings. The summed E-state index contributed by atoms with van der Waals surface area (Å²) in [7, 11) is 1.85. The van der Waals surface area contributed by atoms with Crippen molar-refractivity contribution in [3.05, 3.63) is 65.8 Å². The molecule has 0 atom stereocenters. The number of nitrogens with one attached hydrogen (secondary N) is 1. The summed E-state index contributed by atoms with van der Waals surface area (Å²) in [5.41, 5.74) is 1.45. The number of amides is 1. The van der Waals surface area contributed by atoms with Crippen molar-refractivity contribution < 1.29 is 9.21 Å². The maximum Gasteiger partial charge on any atom is 0.247 e. The molecule has 4 aromatic rings. The third-order valence-corrected chi connectivity index (χ3v) is 5.50. The fourth-order valence-corrected chi connectivity index (χ4v) is 3.64. The maximum absolute atomic E-state index is 12.5. The van der Waals surface area contributed by atoms with E-state index in [2.05, 4.69) is 25.7 Å². The molecule has 30 heavy (non-hydrogen) atoms. The molecule has 0 saturated heterocycles. The van der Waals surface area contributed by atoms with Crippen LogP contribution in [-0.4, -0.2) is 30.9 Å². The van der Waals surface area contributed by atoms with Crippen LogP contribution in [0.4, 0.5) is 5.69 Å². The largest absolute Gasteiger partial charge is 0.421 e. The molecule has 0 aliphatic rings. The van der Waals surface area contributed by atoms with Gasteiger partial charge in [0.2, 0.25) is 17.7 Å². The molecule has 2 heterocycles. The lowest BCUT2D eigenvalue weighted by molar-refractivity contribution is -0.116. The van der Waals surface area contributed by atoms with Crippen molar-refractivity contribution in [1.82, 2.24) is 25.0 Å². The number of hydrogen-bond donors (Lipinski definition) is 1. The van der Waals surface area contributed by atoms with Gasteiger partial charge in [-0.05, 0) is 42.1 Å². The van der Waals surface area contributed by atoms with Crippen LogP contribution >= 0.6 is 23.4 Å². The predicted octanol–water partition coefficient (Wildman–Crippen LogP) is 4.24. The van der Waals surface area contributed by atoms with Gasteiger partial charge >= 0.3 is 0 Å². The Morgan fingerprint density at radius 1 is 1.17 bits per heavy atom. The third kappa shape index (κ3) is 4.87. The summed E-state index contributed by atoms with van der Waals surface area (Å²) < 4.78 is 7.45. The Labute approximate surface area is 181 Å². The Balaban J connectivity index is 1.40. The van der Waals surface area contributed by atoms with Gasteiger partial charge in [-0.25, -0.2) is 0 Å². The molecular weight excluding hydrogens is 424 g/mol. The van der Waals surface area contributed by atoms with Gasteiger partial charge in [-0.3, -0.25) is 4.79 Å². The highest BCUT2D eigenvalue weighted by atomic mass is 35.5. The zero-order valence-corrected chi connectivity index (χ0v) is 17.5. The number of carbonyl (C=O) groups excluding carboxylic acids is 1. The smallest absolute Gasteiger partial charge is 0.247 e. The van der Waals surface area contributed by atoms with E-state index < -0.39 is 0 Å². The van der Waals surface area contributed by atoms with Gasteiger partial charge in [0.15, 0.2) is 5.16 Å². The van der Waals surface area contributed by atoms with Gasteiger partial charge in [0.05, 0.1) is 5.69 Å². The van der Waals surface area contributed by atoms with Crippen LogP contribution in [0.25, 0.3) is 11.5 Å². The highest BCUT2D eigenvalue weighted by Crippen LogP contribution is 2.34. The Morgan fingerprint density at radius 2 is 2.00 bits per heavy atom. The molecule has 0 saturated carbocycles. The second kappa shape index (κ2) is 9.10. The first kappa shape index (κ1) is 20.1. The average Bonchev–Trinajstić information content (AvgIpc) is 3.38. The van der Waals surface area contributed by atoms with Crippen molar-refractivity contribution in [3.8, 4) is 11.5 Å². The molecule has 4 rings (SSSR count). The first-order chi connectivity index (χ1) is 14.6. The van der Waals surface area contributed by atoms with E-state index in [0.29, 0.717) is 34.1 Å². The van der Waals surface area contributed by atoms with Crippen LogP contribution in [0.2, 0.25) is 5.02 Å². The van der Waals surface area contributed by atoms with E-state index in [1.54, 1.807) is 23.0 Å². The summed E-state index contributed by atoms with van der Waals surface area (Å²) in [4.78, 5) is 13.3. The van der Waals surface area contributed by atoms with Crippen molar-refractivity contribution in [2.24, 2.45) is 7.05 Å².